The normalized spacial score (nSPS) is 9.89. The molecule has 1 aromatic rings. The molecular formula is C12H16BrN3O2. The summed E-state index contributed by atoms with van der Waals surface area (Å²) in [5.41, 5.74) is 0.710. The number of halogens is 1. The van der Waals surface area contributed by atoms with Gasteiger partial charge in [-0.05, 0) is 35.0 Å². The number of para-hydroxylation sites is 1. The zero-order valence-electron chi connectivity index (χ0n) is 10.1. The third-order valence-corrected chi connectivity index (χ3v) is 2.78. The van der Waals surface area contributed by atoms with Gasteiger partial charge in [0.2, 0.25) is 11.8 Å². The van der Waals surface area contributed by atoms with Crippen LogP contribution in [0, 0.1) is 0 Å². The molecule has 0 unspecified atom stereocenters. The Morgan fingerprint density at radius 1 is 1.17 bits per heavy atom. The summed E-state index contributed by atoms with van der Waals surface area (Å²) in [7, 11) is 0. The van der Waals surface area contributed by atoms with E-state index in [0.717, 1.165) is 4.47 Å². The number of nitrogens with one attached hydrogen (secondary N) is 3. The Morgan fingerprint density at radius 2 is 1.83 bits per heavy atom. The summed E-state index contributed by atoms with van der Waals surface area (Å²) in [6.45, 7) is 2.66. The molecule has 0 aliphatic carbocycles. The van der Waals surface area contributed by atoms with Crippen LogP contribution in [0.15, 0.2) is 28.7 Å². The maximum Gasteiger partial charge on any atom is 0.238 e. The number of anilines is 1. The van der Waals surface area contributed by atoms with Crippen molar-refractivity contribution < 1.29 is 9.59 Å². The third kappa shape index (κ3) is 5.29. The second kappa shape index (κ2) is 7.84. The topological polar surface area (TPSA) is 70.2 Å². The molecule has 0 fully saturated rings. The van der Waals surface area contributed by atoms with Crippen LogP contribution in [-0.2, 0) is 9.59 Å². The molecular weight excluding hydrogens is 298 g/mol. The first-order valence-electron chi connectivity index (χ1n) is 5.65. The lowest BCUT2D eigenvalue weighted by atomic mass is 10.3. The van der Waals surface area contributed by atoms with Crippen molar-refractivity contribution in [3.05, 3.63) is 28.7 Å². The molecule has 0 spiro atoms. The molecule has 98 valence electrons. The Kier molecular flexibility index (Phi) is 6.38. The smallest absolute Gasteiger partial charge is 0.238 e. The van der Waals surface area contributed by atoms with Gasteiger partial charge in [0.15, 0.2) is 0 Å². The van der Waals surface area contributed by atoms with Crippen molar-refractivity contribution in [2.75, 3.05) is 25.0 Å². The maximum absolute atomic E-state index is 11.6. The molecule has 2 amide bonds. The number of carbonyl (C=O) groups excluding carboxylic acids is 2. The van der Waals surface area contributed by atoms with Gasteiger partial charge in [0.25, 0.3) is 0 Å². The minimum atomic E-state index is -0.189. The Balaban J connectivity index is 2.30. The minimum Gasteiger partial charge on any atom is -0.355 e. The first-order valence-corrected chi connectivity index (χ1v) is 6.44. The van der Waals surface area contributed by atoms with Gasteiger partial charge in [0.1, 0.15) is 0 Å². The van der Waals surface area contributed by atoms with Crippen LogP contribution in [0.1, 0.15) is 6.92 Å². The van der Waals surface area contributed by atoms with E-state index in [0.29, 0.717) is 12.2 Å². The van der Waals surface area contributed by atoms with Gasteiger partial charge in [-0.25, -0.2) is 0 Å². The van der Waals surface area contributed by atoms with Crippen molar-refractivity contribution in [3.63, 3.8) is 0 Å². The molecule has 0 aliphatic heterocycles. The number of carbonyl (C=O) groups is 2. The Hall–Kier alpha value is -1.40. The van der Waals surface area contributed by atoms with Crippen molar-refractivity contribution in [3.8, 4) is 0 Å². The van der Waals surface area contributed by atoms with Crippen LogP contribution >= 0.6 is 15.9 Å². The van der Waals surface area contributed by atoms with Crippen molar-refractivity contribution in [1.29, 1.82) is 0 Å². The van der Waals surface area contributed by atoms with Crippen LogP contribution in [-0.4, -0.2) is 31.4 Å². The van der Waals surface area contributed by atoms with E-state index in [-0.39, 0.29) is 24.9 Å². The summed E-state index contributed by atoms with van der Waals surface area (Å²) < 4.78 is 0.821. The van der Waals surface area contributed by atoms with E-state index < -0.39 is 0 Å². The molecule has 0 radical (unpaired) electrons. The highest BCUT2D eigenvalue weighted by molar-refractivity contribution is 9.10. The van der Waals surface area contributed by atoms with E-state index in [1.807, 2.05) is 25.1 Å². The van der Waals surface area contributed by atoms with Crippen molar-refractivity contribution >= 4 is 33.4 Å². The maximum atomic E-state index is 11.6. The van der Waals surface area contributed by atoms with Gasteiger partial charge < -0.3 is 10.6 Å². The van der Waals surface area contributed by atoms with Gasteiger partial charge >= 0.3 is 0 Å². The highest BCUT2D eigenvalue weighted by Gasteiger charge is 2.05. The predicted octanol–water partition coefficient (Wildman–Crippen LogP) is 1.11. The summed E-state index contributed by atoms with van der Waals surface area (Å²) in [4.78, 5) is 22.7. The van der Waals surface area contributed by atoms with Crippen LogP contribution < -0.4 is 16.0 Å². The quantitative estimate of drug-likeness (QED) is 0.737. The monoisotopic (exact) mass is 313 g/mol. The number of hydrogen-bond acceptors (Lipinski definition) is 3. The van der Waals surface area contributed by atoms with E-state index in [4.69, 9.17) is 0 Å². The Labute approximate surface area is 114 Å². The van der Waals surface area contributed by atoms with E-state index in [1.165, 1.54) is 0 Å². The summed E-state index contributed by atoms with van der Waals surface area (Å²) in [5.74, 6) is -0.308. The first kappa shape index (κ1) is 14.7. The Bertz CT molecular complexity index is 424. The van der Waals surface area contributed by atoms with Crippen LogP contribution in [0.3, 0.4) is 0 Å². The fraction of sp³-hybridized carbons (Fsp3) is 0.333. The molecule has 0 atom stereocenters. The van der Waals surface area contributed by atoms with Crippen LogP contribution in [0.25, 0.3) is 0 Å². The second-order valence-corrected chi connectivity index (χ2v) is 4.44. The largest absolute Gasteiger partial charge is 0.355 e. The molecule has 0 saturated heterocycles. The molecule has 0 heterocycles. The molecule has 0 aliphatic rings. The summed E-state index contributed by atoms with van der Waals surface area (Å²) in [6, 6.07) is 7.35. The molecule has 0 bridgehead atoms. The van der Waals surface area contributed by atoms with Gasteiger partial charge in [-0.15, -0.1) is 0 Å². The van der Waals surface area contributed by atoms with Crippen molar-refractivity contribution in [1.82, 2.24) is 10.6 Å². The molecule has 3 N–H and O–H groups in total. The first-order chi connectivity index (χ1) is 8.63. The van der Waals surface area contributed by atoms with E-state index >= 15 is 0 Å². The standard InChI is InChI=1S/C12H16BrN3O2/c1-2-15-11(17)7-14-8-12(18)16-10-6-4-3-5-9(10)13/h3-6,14H,2,7-8H2,1H3,(H,15,17)(H,16,18). The summed E-state index contributed by atoms with van der Waals surface area (Å²) >= 11 is 3.34. The lowest BCUT2D eigenvalue weighted by Crippen LogP contribution is -2.37. The molecule has 1 aromatic carbocycles. The molecule has 0 saturated carbocycles. The highest BCUT2D eigenvalue weighted by atomic mass is 79.9. The SMILES string of the molecule is CCNC(=O)CNCC(=O)Nc1ccccc1Br. The number of hydrogen-bond donors (Lipinski definition) is 3. The lowest BCUT2D eigenvalue weighted by molar-refractivity contribution is -0.120. The molecule has 6 heteroatoms. The number of rotatable bonds is 6. The van der Waals surface area contributed by atoms with Crippen LogP contribution in [0.5, 0.6) is 0 Å². The van der Waals surface area contributed by atoms with E-state index in [1.54, 1.807) is 6.07 Å². The number of amides is 2. The van der Waals surface area contributed by atoms with Crippen molar-refractivity contribution in [2.45, 2.75) is 6.92 Å². The van der Waals surface area contributed by atoms with Gasteiger partial charge in [0, 0.05) is 11.0 Å². The third-order valence-electron chi connectivity index (χ3n) is 2.09. The zero-order chi connectivity index (χ0) is 13.4. The molecule has 18 heavy (non-hydrogen) atoms. The predicted molar refractivity (Wildman–Crippen MR) is 74.3 cm³/mol. The number of likely N-dealkylation sites (N-methyl/N-ethyl adjacent to an activating group) is 1. The zero-order valence-corrected chi connectivity index (χ0v) is 11.7. The molecule has 5 nitrogen and oxygen atoms in total. The van der Waals surface area contributed by atoms with Crippen LogP contribution in [0.4, 0.5) is 5.69 Å². The average molecular weight is 314 g/mol. The summed E-state index contributed by atoms with van der Waals surface area (Å²) in [6.07, 6.45) is 0. The molecule has 1 rings (SSSR count). The lowest BCUT2D eigenvalue weighted by Gasteiger charge is -2.08. The molecule has 0 aromatic heterocycles. The highest BCUT2D eigenvalue weighted by Crippen LogP contribution is 2.20. The fourth-order valence-electron chi connectivity index (χ4n) is 1.31. The average Bonchev–Trinajstić information content (AvgIpc) is 2.32. The minimum absolute atomic E-state index is 0.0957. The number of benzene rings is 1. The van der Waals surface area contributed by atoms with Gasteiger partial charge in [-0.2, -0.15) is 0 Å². The second-order valence-electron chi connectivity index (χ2n) is 3.59. The Morgan fingerprint density at radius 3 is 2.50 bits per heavy atom. The van der Waals surface area contributed by atoms with E-state index in [9.17, 15) is 9.59 Å². The van der Waals surface area contributed by atoms with Crippen LogP contribution in [0.2, 0.25) is 0 Å². The summed E-state index contributed by atoms with van der Waals surface area (Å²) in [5, 5.41) is 8.14. The van der Waals surface area contributed by atoms with E-state index in [2.05, 4.69) is 31.9 Å². The van der Waals surface area contributed by atoms with Crippen molar-refractivity contribution in [2.24, 2.45) is 0 Å². The van der Waals surface area contributed by atoms with Gasteiger partial charge in [-0.1, -0.05) is 12.1 Å². The van der Waals surface area contributed by atoms with Gasteiger partial charge in [-0.3, -0.25) is 14.9 Å². The van der Waals surface area contributed by atoms with Gasteiger partial charge in [0.05, 0.1) is 18.8 Å². The fourth-order valence-corrected chi connectivity index (χ4v) is 1.69.